The Labute approximate surface area is 118 Å². The molecule has 0 aromatic heterocycles. The van der Waals surface area contributed by atoms with E-state index in [2.05, 4.69) is 0 Å². The van der Waals surface area contributed by atoms with Crippen LogP contribution >= 0.6 is 0 Å². The van der Waals surface area contributed by atoms with Gasteiger partial charge in [0, 0.05) is 18.7 Å². The summed E-state index contributed by atoms with van der Waals surface area (Å²) in [6.07, 6.45) is -0.319. The molecule has 1 aliphatic rings. The molecule has 0 radical (unpaired) electrons. The first-order chi connectivity index (χ1) is 9.30. The molecular formula is C13H18N2O4S. The van der Waals surface area contributed by atoms with Gasteiger partial charge >= 0.3 is 0 Å². The third-order valence-corrected chi connectivity index (χ3v) is 4.97. The summed E-state index contributed by atoms with van der Waals surface area (Å²) >= 11 is 0. The molecule has 2 rings (SSSR count). The van der Waals surface area contributed by atoms with Crippen molar-refractivity contribution in [3.8, 4) is 0 Å². The number of nitrogens with two attached hydrogens (primary N) is 1. The molecule has 7 heteroatoms. The van der Waals surface area contributed by atoms with E-state index < -0.39 is 15.9 Å². The number of nitrogens with zero attached hydrogens (tertiary/aromatic N) is 1. The molecule has 0 bridgehead atoms. The van der Waals surface area contributed by atoms with E-state index in [0.29, 0.717) is 13.1 Å². The van der Waals surface area contributed by atoms with Crippen molar-refractivity contribution in [3.05, 3.63) is 29.8 Å². The van der Waals surface area contributed by atoms with Crippen LogP contribution in [0.3, 0.4) is 0 Å². The average Bonchev–Trinajstić information content (AvgIpc) is 2.37. The van der Waals surface area contributed by atoms with Gasteiger partial charge in [0.05, 0.1) is 17.1 Å². The van der Waals surface area contributed by atoms with Crippen LogP contribution in [0.2, 0.25) is 0 Å². The fourth-order valence-corrected chi connectivity index (χ4v) is 3.92. The number of morpholine rings is 1. The molecular weight excluding hydrogens is 280 g/mol. The summed E-state index contributed by atoms with van der Waals surface area (Å²) in [5, 5.41) is 0. The first-order valence-electron chi connectivity index (χ1n) is 6.36. The Balaban J connectivity index is 2.34. The molecule has 0 unspecified atom stereocenters. The Morgan fingerprint density at radius 2 is 1.90 bits per heavy atom. The van der Waals surface area contributed by atoms with Gasteiger partial charge in [-0.25, -0.2) is 8.42 Å². The van der Waals surface area contributed by atoms with Crippen LogP contribution in [-0.4, -0.2) is 43.9 Å². The molecule has 1 fully saturated rings. The van der Waals surface area contributed by atoms with Crippen LogP contribution in [0.4, 0.5) is 0 Å². The van der Waals surface area contributed by atoms with E-state index in [1.165, 1.54) is 28.6 Å². The second-order valence-corrected chi connectivity index (χ2v) is 6.91. The number of hydrogen-bond donors (Lipinski definition) is 1. The molecule has 2 N–H and O–H groups in total. The Morgan fingerprint density at radius 1 is 1.30 bits per heavy atom. The maximum atomic E-state index is 12.6. The fraction of sp³-hybridized carbons (Fsp3) is 0.462. The SMILES string of the molecule is C[C@@H]1CN(S(=O)(=O)c2cccc(C(N)=O)c2)C[C@H](C)O1. The van der Waals surface area contributed by atoms with E-state index in [9.17, 15) is 13.2 Å². The predicted molar refractivity (Wildman–Crippen MR) is 73.7 cm³/mol. The van der Waals surface area contributed by atoms with E-state index >= 15 is 0 Å². The molecule has 2 atom stereocenters. The Bertz CT molecular complexity index is 605. The number of rotatable bonds is 3. The van der Waals surface area contributed by atoms with Crippen LogP contribution in [0, 0.1) is 0 Å². The van der Waals surface area contributed by atoms with Crippen LogP contribution in [0.15, 0.2) is 29.2 Å². The van der Waals surface area contributed by atoms with Gasteiger partial charge in [-0.2, -0.15) is 4.31 Å². The highest BCUT2D eigenvalue weighted by molar-refractivity contribution is 7.89. The van der Waals surface area contributed by atoms with Gasteiger partial charge in [-0.1, -0.05) is 6.07 Å². The zero-order valence-electron chi connectivity index (χ0n) is 11.4. The quantitative estimate of drug-likeness (QED) is 0.884. The van der Waals surface area contributed by atoms with Crippen molar-refractivity contribution in [2.45, 2.75) is 31.0 Å². The van der Waals surface area contributed by atoms with Gasteiger partial charge in [-0.05, 0) is 32.0 Å². The first kappa shape index (κ1) is 15.0. The molecule has 110 valence electrons. The zero-order valence-corrected chi connectivity index (χ0v) is 12.3. The molecule has 0 aliphatic carbocycles. The molecule has 1 heterocycles. The minimum Gasteiger partial charge on any atom is -0.373 e. The van der Waals surface area contributed by atoms with Crippen molar-refractivity contribution >= 4 is 15.9 Å². The number of benzene rings is 1. The van der Waals surface area contributed by atoms with Crippen LogP contribution in [-0.2, 0) is 14.8 Å². The lowest BCUT2D eigenvalue weighted by molar-refractivity contribution is -0.0440. The zero-order chi connectivity index (χ0) is 14.9. The highest BCUT2D eigenvalue weighted by Gasteiger charge is 2.32. The van der Waals surface area contributed by atoms with E-state index in [1.807, 2.05) is 13.8 Å². The highest BCUT2D eigenvalue weighted by Crippen LogP contribution is 2.21. The van der Waals surface area contributed by atoms with Gasteiger partial charge in [0.1, 0.15) is 0 Å². The number of carbonyl (C=O) groups excluding carboxylic acids is 1. The fourth-order valence-electron chi connectivity index (χ4n) is 2.29. The summed E-state index contributed by atoms with van der Waals surface area (Å²) in [6.45, 7) is 4.26. The van der Waals surface area contributed by atoms with Gasteiger partial charge in [0.2, 0.25) is 15.9 Å². The summed E-state index contributed by atoms with van der Waals surface area (Å²) in [6, 6.07) is 5.78. The monoisotopic (exact) mass is 298 g/mol. The average molecular weight is 298 g/mol. The topological polar surface area (TPSA) is 89.7 Å². The maximum absolute atomic E-state index is 12.6. The van der Waals surface area contributed by atoms with E-state index in [0.717, 1.165) is 0 Å². The molecule has 0 spiro atoms. The van der Waals surface area contributed by atoms with Crippen molar-refractivity contribution in [2.75, 3.05) is 13.1 Å². The summed E-state index contributed by atoms with van der Waals surface area (Å²) in [5.41, 5.74) is 5.36. The summed E-state index contributed by atoms with van der Waals surface area (Å²) in [4.78, 5) is 11.2. The van der Waals surface area contributed by atoms with Crippen molar-refractivity contribution in [1.29, 1.82) is 0 Å². The molecule has 0 saturated carbocycles. The van der Waals surface area contributed by atoms with Gasteiger partial charge < -0.3 is 10.5 Å². The number of carbonyl (C=O) groups is 1. The molecule has 1 amide bonds. The Hall–Kier alpha value is -1.44. The van der Waals surface area contributed by atoms with Crippen LogP contribution in [0.5, 0.6) is 0 Å². The van der Waals surface area contributed by atoms with Crippen molar-refractivity contribution in [3.63, 3.8) is 0 Å². The van der Waals surface area contributed by atoms with E-state index in [-0.39, 0.29) is 22.7 Å². The summed E-state index contributed by atoms with van der Waals surface area (Å²) in [7, 11) is -3.64. The standard InChI is InChI=1S/C13H18N2O4S/c1-9-7-15(8-10(2)19-9)20(17,18)12-5-3-4-11(6-12)13(14)16/h3-6,9-10H,7-8H2,1-2H3,(H2,14,16)/t9-,10+. The van der Waals surface area contributed by atoms with Crippen LogP contribution in [0.1, 0.15) is 24.2 Å². The van der Waals surface area contributed by atoms with Crippen LogP contribution in [0.25, 0.3) is 0 Å². The number of ether oxygens (including phenoxy) is 1. The first-order valence-corrected chi connectivity index (χ1v) is 7.80. The largest absolute Gasteiger partial charge is 0.373 e. The molecule has 1 aromatic rings. The smallest absolute Gasteiger partial charge is 0.248 e. The Morgan fingerprint density at radius 3 is 2.45 bits per heavy atom. The minimum absolute atomic E-state index is 0.0788. The van der Waals surface area contributed by atoms with Crippen molar-refractivity contribution < 1.29 is 17.9 Å². The number of sulfonamides is 1. The summed E-state index contributed by atoms with van der Waals surface area (Å²) < 4.78 is 32.1. The molecule has 1 aromatic carbocycles. The van der Waals surface area contributed by atoms with Gasteiger partial charge in [0.25, 0.3) is 0 Å². The molecule has 1 aliphatic heterocycles. The minimum atomic E-state index is -3.64. The Kier molecular flexibility index (Phi) is 4.12. The lowest BCUT2D eigenvalue weighted by Crippen LogP contribution is -2.48. The number of amides is 1. The van der Waals surface area contributed by atoms with Crippen molar-refractivity contribution in [2.24, 2.45) is 5.73 Å². The highest BCUT2D eigenvalue weighted by atomic mass is 32.2. The summed E-state index contributed by atoms with van der Waals surface area (Å²) in [5.74, 6) is -0.647. The van der Waals surface area contributed by atoms with E-state index in [4.69, 9.17) is 10.5 Å². The normalized spacial score (nSPS) is 24.5. The van der Waals surface area contributed by atoms with Crippen LogP contribution < -0.4 is 5.73 Å². The third kappa shape index (κ3) is 3.00. The van der Waals surface area contributed by atoms with Gasteiger partial charge in [0.15, 0.2) is 0 Å². The third-order valence-electron chi connectivity index (χ3n) is 3.14. The molecule has 1 saturated heterocycles. The van der Waals surface area contributed by atoms with Crippen molar-refractivity contribution in [1.82, 2.24) is 4.31 Å². The molecule has 6 nitrogen and oxygen atoms in total. The lowest BCUT2D eigenvalue weighted by Gasteiger charge is -2.34. The van der Waals surface area contributed by atoms with Gasteiger partial charge in [-0.3, -0.25) is 4.79 Å². The second-order valence-electron chi connectivity index (χ2n) is 4.97. The van der Waals surface area contributed by atoms with E-state index in [1.54, 1.807) is 0 Å². The number of primary amides is 1. The maximum Gasteiger partial charge on any atom is 0.248 e. The molecule has 20 heavy (non-hydrogen) atoms. The lowest BCUT2D eigenvalue weighted by atomic mass is 10.2. The number of hydrogen-bond acceptors (Lipinski definition) is 4. The van der Waals surface area contributed by atoms with Gasteiger partial charge in [-0.15, -0.1) is 0 Å². The second kappa shape index (κ2) is 5.51. The predicted octanol–water partition coefficient (Wildman–Crippen LogP) is 0.583.